The molecule has 0 aliphatic rings. The number of para-hydroxylation sites is 1. The number of fused-ring (bicyclic) bond motifs is 1. The summed E-state index contributed by atoms with van der Waals surface area (Å²) >= 11 is 1.15. The van der Waals surface area contributed by atoms with Gasteiger partial charge < -0.3 is 10.4 Å². The Balaban J connectivity index is 2.26. The summed E-state index contributed by atoms with van der Waals surface area (Å²) in [5, 5.41) is 22.1. The van der Waals surface area contributed by atoms with Gasteiger partial charge in [0.25, 0.3) is 5.56 Å². The number of amides is 1. The molecule has 0 aliphatic heterocycles. The first-order chi connectivity index (χ1) is 12.8. The van der Waals surface area contributed by atoms with E-state index in [0.29, 0.717) is 29.0 Å². The molecule has 0 aliphatic carbocycles. The van der Waals surface area contributed by atoms with Crippen LogP contribution in [0, 0.1) is 17.2 Å². The number of aliphatic hydroxyl groups excluding tert-OH is 1. The predicted octanol–water partition coefficient (Wildman–Crippen LogP) is 1.93. The van der Waals surface area contributed by atoms with Crippen molar-refractivity contribution in [2.75, 3.05) is 12.4 Å². The number of nitrogens with one attached hydrogen (secondary N) is 1. The maximum atomic E-state index is 12.7. The van der Waals surface area contributed by atoms with Gasteiger partial charge in [-0.05, 0) is 31.4 Å². The van der Waals surface area contributed by atoms with Gasteiger partial charge in [-0.15, -0.1) is 0 Å². The Morgan fingerprint density at radius 3 is 2.78 bits per heavy atom. The van der Waals surface area contributed by atoms with Crippen molar-refractivity contribution < 1.29 is 9.90 Å². The molecular formula is C19H24N4O3S. The monoisotopic (exact) mass is 388 g/mol. The summed E-state index contributed by atoms with van der Waals surface area (Å²) in [5.41, 5.74) is -0.582. The third-order valence-electron chi connectivity index (χ3n) is 4.48. The van der Waals surface area contributed by atoms with Gasteiger partial charge in [0.1, 0.15) is 5.54 Å². The highest BCUT2D eigenvalue weighted by Gasteiger charge is 2.30. The molecule has 7 nitrogen and oxygen atoms in total. The minimum atomic E-state index is -0.953. The van der Waals surface area contributed by atoms with Crippen LogP contribution in [0.25, 0.3) is 10.9 Å². The lowest BCUT2D eigenvalue weighted by Gasteiger charge is -2.27. The Hall–Kier alpha value is -2.37. The van der Waals surface area contributed by atoms with Crippen molar-refractivity contribution in [3.05, 3.63) is 34.6 Å². The fraction of sp³-hybridized carbons (Fsp3) is 0.474. The van der Waals surface area contributed by atoms with Crippen LogP contribution in [0.1, 0.15) is 27.2 Å². The van der Waals surface area contributed by atoms with Crippen molar-refractivity contribution in [2.24, 2.45) is 5.92 Å². The van der Waals surface area contributed by atoms with Crippen molar-refractivity contribution in [1.29, 1.82) is 5.26 Å². The molecule has 0 saturated heterocycles. The second kappa shape index (κ2) is 9.02. The summed E-state index contributed by atoms with van der Waals surface area (Å²) in [6.07, 6.45) is 0.416. The highest BCUT2D eigenvalue weighted by atomic mass is 32.2. The summed E-state index contributed by atoms with van der Waals surface area (Å²) in [4.78, 5) is 29.6. The molecule has 8 heteroatoms. The van der Waals surface area contributed by atoms with E-state index in [0.717, 1.165) is 11.8 Å². The number of nitrogens with zero attached hydrogens (tertiary/aromatic N) is 3. The third kappa shape index (κ3) is 4.87. The Morgan fingerprint density at radius 2 is 2.15 bits per heavy atom. The average Bonchev–Trinajstić information content (AvgIpc) is 2.65. The number of thioether (sulfide) groups is 1. The summed E-state index contributed by atoms with van der Waals surface area (Å²) in [6.45, 7) is 5.70. The van der Waals surface area contributed by atoms with E-state index in [1.165, 1.54) is 4.57 Å². The predicted molar refractivity (Wildman–Crippen MR) is 105 cm³/mol. The number of hydrogen-bond acceptors (Lipinski definition) is 6. The first kappa shape index (κ1) is 20.9. The average molecular weight is 388 g/mol. The number of benzene rings is 1. The van der Waals surface area contributed by atoms with Crippen molar-refractivity contribution in [2.45, 2.75) is 44.4 Å². The molecule has 0 radical (unpaired) electrons. The molecule has 0 saturated carbocycles. The first-order valence-electron chi connectivity index (χ1n) is 8.78. The molecule has 0 spiro atoms. The third-order valence-corrected chi connectivity index (χ3v) is 5.46. The zero-order chi connectivity index (χ0) is 20.0. The number of rotatable bonds is 8. The van der Waals surface area contributed by atoms with Crippen LogP contribution in [0.2, 0.25) is 0 Å². The summed E-state index contributed by atoms with van der Waals surface area (Å²) in [6, 6.07) is 9.18. The Kier molecular flexibility index (Phi) is 6.99. The van der Waals surface area contributed by atoms with Crippen molar-refractivity contribution >= 4 is 28.6 Å². The van der Waals surface area contributed by atoms with Crippen LogP contribution in [0.3, 0.4) is 0 Å². The molecule has 0 fully saturated rings. The van der Waals surface area contributed by atoms with E-state index < -0.39 is 5.54 Å². The Morgan fingerprint density at radius 1 is 1.44 bits per heavy atom. The first-order valence-corrected chi connectivity index (χ1v) is 9.76. The number of hydrogen-bond donors (Lipinski definition) is 2. The van der Waals surface area contributed by atoms with Crippen LogP contribution < -0.4 is 10.9 Å². The molecule has 0 bridgehead atoms. The summed E-state index contributed by atoms with van der Waals surface area (Å²) in [5.74, 6) is -0.305. The normalized spacial score (nSPS) is 13.3. The number of carbonyl (C=O) groups is 1. The molecule has 1 aromatic heterocycles. The van der Waals surface area contributed by atoms with Gasteiger partial charge in [-0.2, -0.15) is 5.26 Å². The quantitative estimate of drug-likeness (QED) is 0.528. The number of carbonyl (C=O) groups excluding carboxylic acids is 1. The van der Waals surface area contributed by atoms with Crippen LogP contribution >= 0.6 is 11.8 Å². The topological polar surface area (TPSA) is 108 Å². The largest absolute Gasteiger partial charge is 0.396 e. The molecule has 1 unspecified atom stereocenters. The zero-order valence-corrected chi connectivity index (χ0v) is 16.5. The maximum absolute atomic E-state index is 12.7. The Labute approximate surface area is 162 Å². The molecule has 27 heavy (non-hydrogen) atoms. The zero-order valence-electron chi connectivity index (χ0n) is 15.7. The lowest BCUT2D eigenvalue weighted by molar-refractivity contribution is -0.120. The van der Waals surface area contributed by atoms with Gasteiger partial charge in [0, 0.05) is 13.2 Å². The minimum absolute atomic E-state index is 0.0356. The maximum Gasteiger partial charge on any atom is 0.262 e. The molecule has 1 atom stereocenters. The fourth-order valence-corrected chi connectivity index (χ4v) is 3.27. The van der Waals surface area contributed by atoms with Crippen molar-refractivity contribution in [1.82, 2.24) is 14.9 Å². The van der Waals surface area contributed by atoms with E-state index in [-0.39, 0.29) is 29.7 Å². The molecule has 2 rings (SSSR count). The fourth-order valence-electron chi connectivity index (χ4n) is 2.44. The van der Waals surface area contributed by atoms with Crippen LogP contribution in [0.4, 0.5) is 0 Å². The van der Waals surface area contributed by atoms with Crippen molar-refractivity contribution in [3.63, 3.8) is 0 Å². The van der Waals surface area contributed by atoms with E-state index >= 15 is 0 Å². The second-order valence-electron chi connectivity index (χ2n) is 6.75. The standard InChI is InChI=1S/C19H24N4O3S/c1-13(2)19(3,12-20)22-16(25)11-27-18-21-15-8-5-4-7-14(15)17(26)23(18)9-6-10-24/h4-5,7-8,13,24H,6,9-11H2,1-3H3,(H,22,25). The molecule has 1 amide bonds. The van der Waals surface area contributed by atoms with Gasteiger partial charge in [-0.3, -0.25) is 14.2 Å². The number of aromatic nitrogens is 2. The lowest BCUT2D eigenvalue weighted by Crippen LogP contribution is -2.49. The molecule has 1 aromatic carbocycles. The van der Waals surface area contributed by atoms with Gasteiger partial charge in [0.05, 0.1) is 22.7 Å². The summed E-state index contributed by atoms with van der Waals surface area (Å²) < 4.78 is 1.49. The number of nitriles is 1. The van der Waals surface area contributed by atoms with Gasteiger partial charge in [0.15, 0.2) is 5.16 Å². The van der Waals surface area contributed by atoms with E-state index in [1.54, 1.807) is 31.2 Å². The molecule has 2 aromatic rings. The van der Waals surface area contributed by atoms with Gasteiger partial charge in [0.2, 0.25) is 5.91 Å². The summed E-state index contributed by atoms with van der Waals surface area (Å²) in [7, 11) is 0. The highest BCUT2D eigenvalue weighted by Crippen LogP contribution is 2.20. The van der Waals surface area contributed by atoms with Crippen LogP contribution in [0.5, 0.6) is 0 Å². The molecule has 1 heterocycles. The van der Waals surface area contributed by atoms with E-state index in [1.807, 2.05) is 13.8 Å². The van der Waals surface area contributed by atoms with Gasteiger partial charge in [-0.25, -0.2) is 4.98 Å². The second-order valence-corrected chi connectivity index (χ2v) is 7.69. The SMILES string of the molecule is CC(C)C(C)(C#N)NC(=O)CSc1nc2ccccc2c(=O)n1CCCO. The highest BCUT2D eigenvalue weighted by molar-refractivity contribution is 7.99. The molecular weight excluding hydrogens is 364 g/mol. The van der Waals surface area contributed by atoms with Crippen molar-refractivity contribution in [3.8, 4) is 6.07 Å². The molecule has 144 valence electrons. The van der Waals surface area contributed by atoms with Crippen LogP contribution in [-0.2, 0) is 11.3 Å². The molecule has 2 N–H and O–H groups in total. The number of aliphatic hydroxyl groups is 1. The van der Waals surface area contributed by atoms with Crippen LogP contribution in [-0.4, -0.2) is 38.5 Å². The Bertz CT molecular complexity index is 919. The van der Waals surface area contributed by atoms with E-state index in [2.05, 4.69) is 16.4 Å². The lowest BCUT2D eigenvalue weighted by atomic mass is 9.90. The van der Waals surface area contributed by atoms with E-state index in [9.17, 15) is 14.9 Å². The van der Waals surface area contributed by atoms with Gasteiger partial charge >= 0.3 is 0 Å². The van der Waals surface area contributed by atoms with Gasteiger partial charge in [-0.1, -0.05) is 37.7 Å². The van der Waals surface area contributed by atoms with Crippen LogP contribution in [0.15, 0.2) is 34.2 Å². The van der Waals surface area contributed by atoms with E-state index in [4.69, 9.17) is 5.11 Å². The smallest absolute Gasteiger partial charge is 0.262 e. The minimum Gasteiger partial charge on any atom is -0.396 e.